The Balaban J connectivity index is 2.05. The highest BCUT2D eigenvalue weighted by molar-refractivity contribution is 8.00. The standard InChI is InChI=1S/C22H28N4O4S/c1-4-11-25-20-18(21(29)26(12-5-2)22(25)30)23-19(24-20)16(6-3)14-7-9-15(10-8-14)31-13-17(27)28/h7-10,16H,4-6,11-13H2,1-3H3,(H,23,24)(H,27,28). The molecule has 0 saturated heterocycles. The lowest BCUT2D eigenvalue weighted by Gasteiger charge is -2.13. The first-order valence-electron chi connectivity index (χ1n) is 10.6. The average molecular weight is 445 g/mol. The lowest BCUT2D eigenvalue weighted by atomic mass is 9.96. The second-order valence-electron chi connectivity index (χ2n) is 7.42. The van der Waals surface area contributed by atoms with Crippen LogP contribution < -0.4 is 11.2 Å². The fourth-order valence-corrected chi connectivity index (χ4v) is 4.34. The minimum atomic E-state index is -0.852. The van der Waals surface area contributed by atoms with Crippen LogP contribution in [0.1, 0.15) is 57.3 Å². The summed E-state index contributed by atoms with van der Waals surface area (Å²) in [5.74, 6) is -0.261. The minimum absolute atomic E-state index is 0.0130. The number of carbonyl (C=O) groups is 1. The molecule has 1 aromatic carbocycles. The van der Waals surface area contributed by atoms with Crippen molar-refractivity contribution in [3.8, 4) is 0 Å². The third-order valence-corrected chi connectivity index (χ3v) is 6.15. The van der Waals surface area contributed by atoms with E-state index in [0.717, 1.165) is 23.3 Å². The fourth-order valence-electron chi connectivity index (χ4n) is 3.72. The number of imidazole rings is 1. The maximum absolute atomic E-state index is 13.0. The molecule has 9 heteroatoms. The molecule has 0 bridgehead atoms. The first-order valence-corrected chi connectivity index (χ1v) is 11.6. The number of thioether (sulfide) groups is 1. The van der Waals surface area contributed by atoms with Gasteiger partial charge in [0.05, 0.1) is 5.75 Å². The summed E-state index contributed by atoms with van der Waals surface area (Å²) >= 11 is 1.27. The van der Waals surface area contributed by atoms with Crippen molar-refractivity contribution < 1.29 is 9.90 Å². The van der Waals surface area contributed by atoms with Gasteiger partial charge in [0.15, 0.2) is 5.65 Å². The van der Waals surface area contributed by atoms with Crippen LogP contribution in [0.15, 0.2) is 38.8 Å². The highest BCUT2D eigenvalue weighted by Crippen LogP contribution is 2.29. The number of benzene rings is 1. The Morgan fingerprint density at radius 1 is 1.10 bits per heavy atom. The molecule has 0 aliphatic rings. The van der Waals surface area contributed by atoms with Gasteiger partial charge in [-0.25, -0.2) is 9.78 Å². The Hall–Kier alpha value is -2.81. The van der Waals surface area contributed by atoms with Crippen LogP contribution in [-0.2, 0) is 17.9 Å². The molecule has 8 nitrogen and oxygen atoms in total. The van der Waals surface area contributed by atoms with Crippen molar-refractivity contribution in [3.63, 3.8) is 0 Å². The molecular formula is C22H28N4O4S. The summed E-state index contributed by atoms with van der Waals surface area (Å²) in [5.41, 5.74) is 1.14. The van der Waals surface area contributed by atoms with Crippen LogP contribution in [0.25, 0.3) is 11.2 Å². The molecular weight excluding hydrogens is 416 g/mol. The molecule has 0 amide bonds. The quantitative estimate of drug-likeness (QED) is 0.464. The third kappa shape index (κ3) is 4.76. The molecule has 2 N–H and O–H groups in total. The van der Waals surface area contributed by atoms with Crippen LogP contribution >= 0.6 is 11.8 Å². The molecule has 31 heavy (non-hydrogen) atoms. The lowest BCUT2D eigenvalue weighted by molar-refractivity contribution is -0.133. The van der Waals surface area contributed by atoms with E-state index < -0.39 is 5.97 Å². The Morgan fingerprint density at radius 3 is 2.32 bits per heavy atom. The first-order chi connectivity index (χ1) is 14.9. The van der Waals surface area contributed by atoms with Gasteiger partial charge >= 0.3 is 11.7 Å². The van der Waals surface area contributed by atoms with Crippen molar-refractivity contribution >= 4 is 28.9 Å². The molecule has 166 valence electrons. The van der Waals surface area contributed by atoms with Gasteiger partial charge in [0, 0.05) is 23.9 Å². The monoisotopic (exact) mass is 444 g/mol. The summed E-state index contributed by atoms with van der Waals surface area (Å²) in [6, 6.07) is 7.71. The molecule has 0 radical (unpaired) electrons. The van der Waals surface area contributed by atoms with Crippen LogP contribution in [0.5, 0.6) is 0 Å². The molecule has 0 fully saturated rings. The Kier molecular flexibility index (Phi) is 7.37. The summed E-state index contributed by atoms with van der Waals surface area (Å²) < 4.78 is 2.88. The van der Waals surface area contributed by atoms with E-state index >= 15 is 0 Å². The maximum atomic E-state index is 13.0. The maximum Gasteiger partial charge on any atom is 0.332 e. The van der Waals surface area contributed by atoms with Crippen molar-refractivity contribution in [2.75, 3.05) is 5.75 Å². The van der Waals surface area contributed by atoms with E-state index in [0.29, 0.717) is 36.5 Å². The van der Waals surface area contributed by atoms with Crippen molar-refractivity contribution in [1.82, 2.24) is 19.1 Å². The number of aromatic nitrogens is 4. The van der Waals surface area contributed by atoms with Gasteiger partial charge < -0.3 is 10.1 Å². The van der Waals surface area contributed by atoms with Gasteiger partial charge in [-0.05, 0) is 37.0 Å². The Labute approximate surface area is 184 Å². The average Bonchev–Trinajstić information content (AvgIpc) is 3.19. The van der Waals surface area contributed by atoms with Crippen LogP contribution in [0, 0.1) is 0 Å². The molecule has 0 saturated carbocycles. The lowest BCUT2D eigenvalue weighted by Crippen LogP contribution is -2.40. The third-order valence-electron chi connectivity index (χ3n) is 5.16. The number of carboxylic acid groups (broad SMARTS) is 1. The van der Waals surface area contributed by atoms with Gasteiger partial charge in [0.25, 0.3) is 5.56 Å². The summed E-state index contributed by atoms with van der Waals surface area (Å²) in [7, 11) is 0. The number of aromatic amines is 1. The molecule has 0 aliphatic carbocycles. The summed E-state index contributed by atoms with van der Waals surface area (Å²) in [6.07, 6.45) is 2.20. The predicted octanol–water partition coefficient (Wildman–Crippen LogP) is 3.42. The number of nitrogens with one attached hydrogen (secondary N) is 1. The molecule has 2 aromatic heterocycles. The molecule has 2 heterocycles. The summed E-state index contributed by atoms with van der Waals surface area (Å²) in [5, 5.41) is 8.84. The number of hydrogen-bond acceptors (Lipinski definition) is 5. The number of aliphatic carboxylic acids is 1. The number of carboxylic acids is 1. The van der Waals surface area contributed by atoms with Crippen LogP contribution in [0.3, 0.4) is 0 Å². The van der Waals surface area contributed by atoms with Gasteiger partial charge in [-0.3, -0.25) is 18.7 Å². The minimum Gasteiger partial charge on any atom is -0.481 e. The fraction of sp³-hybridized carbons (Fsp3) is 0.455. The second kappa shape index (κ2) is 10.00. The zero-order valence-corrected chi connectivity index (χ0v) is 18.9. The van der Waals surface area contributed by atoms with Gasteiger partial charge in [0.2, 0.25) is 0 Å². The molecule has 1 atom stereocenters. The topological polar surface area (TPSA) is 110 Å². The smallest absolute Gasteiger partial charge is 0.332 e. The van der Waals surface area contributed by atoms with E-state index in [-0.39, 0.29) is 22.9 Å². The van der Waals surface area contributed by atoms with Crippen molar-refractivity contribution in [1.29, 1.82) is 0 Å². The van der Waals surface area contributed by atoms with Crippen molar-refractivity contribution in [3.05, 3.63) is 56.5 Å². The number of fused-ring (bicyclic) bond motifs is 1. The van der Waals surface area contributed by atoms with Gasteiger partial charge in [0.1, 0.15) is 11.3 Å². The highest BCUT2D eigenvalue weighted by Gasteiger charge is 2.21. The summed E-state index contributed by atoms with van der Waals surface area (Å²) in [4.78, 5) is 45.4. The van der Waals surface area contributed by atoms with E-state index in [2.05, 4.69) is 4.98 Å². The molecule has 0 spiro atoms. The number of hydrogen-bond donors (Lipinski definition) is 2. The van der Waals surface area contributed by atoms with E-state index in [1.54, 1.807) is 4.57 Å². The molecule has 1 unspecified atom stereocenters. The van der Waals surface area contributed by atoms with Crippen molar-refractivity contribution in [2.24, 2.45) is 0 Å². The Bertz CT molecular complexity index is 1180. The molecule has 3 rings (SSSR count). The zero-order chi connectivity index (χ0) is 22.5. The predicted molar refractivity (Wildman–Crippen MR) is 122 cm³/mol. The molecule has 3 aromatic rings. The largest absolute Gasteiger partial charge is 0.481 e. The highest BCUT2D eigenvalue weighted by atomic mass is 32.2. The van der Waals surface area contributed by atoms with Gasteiger partial charge in [-0.1, -0.05) is 32.9 Å². The van der Waals surface area contributed by atoms with Crippen LogP contribution in [0.4, 0.5) is 0 Å². The molecule has 0 aliphatic heterocycles. The Morgan fingerprint density at radius 2 is 1.74 bits per heavy atom. The number of nitrogens with zero attached hydrogens (tertiary/aromatic N) is 3. The second-order valence-corrected chi connectivity index (χ2v) is 8.47. The number of H-pyrrole nitrogens is 1. The van der Waals surface area contributed by atoms with E-state index in [1.807, 2.05) is 45.0 Å². The van der Waals surface area contributed by atoms with Crippen LogP contribution in [-0.4, -0.2) is 35.9 Å². The number of aryl methyl sites for hydroxylation is 1. The first kappa shape index (κ1) is 22.9. The normalized spacial score (nSPS) is 12.4. The summed E-state index contributed by atoms with van der Waals surface area (Å²) in [6.45, 7) is 6.83. The van der Waals surface area contributed by atoms with E-state index in [4.69, 9.17) is 10.1 Å². The SMILES string of the molecule is CCCn1c(=O)c2[nH]c(C(CC)c3ccc(SCC(=O)O)cc3)nc2n(CCC)c1=O. The van der Waals surface area contributed by atoms with Gasteiger partial charge in [-0.2, -0.15) is 0 Å². The van der Waals surface area contributed by atoms with E-state index in [1.165, 1.54) is 16.3 Å². The zero-order valence-electron chi connectivity index (χ0n) is 18.1. The van der Waals surface area contributed by atoms with Gasteiger partial charge in [-0.15, -0.1) is 11.8 Å². The van der Waals surface area contributed by atoms with Crippen molar-refractivity contribution in [2.45, 2.75) is 63.9 Å². The van der Waals surface area contributed by atoms with Crippen LogP contribution in [0.2, 0.25) is 0 Å². The number of rotatable bonds is 10. The van der Waals surface area contributed by atoms with E-state index in [9.17, 15) is 14.4 Å².